The molecule has 242 valence electrons. The van der Waals surface area contributed by atoms with Gasteiger partial charge in [-0.2, -0.15) is 0 Å². The van der Waals surface area contributed by atoms with E-state index < -0.39 is 0 Å². The van der Waals surface area contributed by atoms with Crippen LogP contribution >= 0.6 is 0 Å². The van der Waals surface area contributed by atoms with Crippen LogP contribution in [-0.4, -0.2) is 6.92 Å². The van der Waals surface area contributed by atoms with Crippen molar-refractivity contribution in [3.05, 3.63) is 182 Å². The van der Waals surface area contributed by atoms with Crippen LogP contribution < -0.4 is 20.5 Å². The highest BCUT2D eigenvalue weighted by atomic mass is 16.4. The van der Waals surface area contributed by atoms with Gasteiger partial charge in [0.15, 0.2) is 0 Å². The van der Waals surface area contributed by atoms with Gasteiger partial charge in [0.2, 0.25) is 0 Å². The van der Waals surface area contributed by atoms with Crippen LogP contribution in [0.15, 0.2) is 186 Å². The maximum absolute atomic E-state index is 7.23. The molecule has 4 heteroatoms. The molecule has 52 heavy (non-hydrogen) atoms. The summed E-state index contributed by atoms with van der Waals surface area (Å²) in [5.41, 5.74) is 16.4. The fourth-order valence-electron chi connectivity index (χ4n) is 8.24. The van der Waals surface area contributed by atoms with Crippen LogP contribution in [0.4, 0.5) is 17.1 Å². The SMILES string of the molecule is c1ccc(-c2ccc(N3c4ccc(-c5ccccc5)cc4B4Oc5cc(-c6ccccc6)ccc5-c5c4c3cc3c5oc4ccccc43)cc2)cc1. The predicted octanol–water partition coefficient (Wildman–Crippen LogP) is 11.5. The topological polar surface area (TPSA) is 25.6 Å². The minimum atomic E-state index is -0.348. The van der Waals surface area contributed by atoms with Crippen LogP contribution in [0.3, 0.4) is 0 Å². The summed E-state index contributed by atoms with van der Waals surface area (Å²) in [5.74, 6) is 0.856. The quantitative estimate of drug-likeness (QED) is 0.175. The van der Waals surface area contributed by atoms with Gasteiger partial charge >= 0.3 is 6.92 Å². The second-order valence-electron chi connectivity index (χ2n) is 13.6. The molecule has 0 spiro atoms. The number of para-hydroxylation sites is 1. The van der Waals surface area contributed by atoms with E-state index in [9.17, 15) is 0 Å². The van der Waals surface area contributed by atoms with Crippen molar-refractivity contribution < 1.29 is 9.07 Å². The predicted molar refractivity (Wildman–Crippen MR) is 216 cm³/mol. The molecule has 0 fully saturated rings. The summed E-state index contributed by atoms with van der Waals surface area (Å²) in [7, 11) is 0. The lowest BCUT2D eigenvalue weighted by Gasteiger charge is -2.40. The van der Waals surface area contributed by atoms with Crippen LogP contribution in [0, 0.1) is 0 Å². The van der Waals surface area contributed by atoms with Gasteiger partial charge in [-0.3, -0.25) is 0 Å². The van der Waals surface area contributed by atoms with Crippen LogP contribution in [0.2, 0.25) is 0 Å². The van der Waals surface area contributed by atoms with Crippen LogP contribution in [0.25, 0.3) is 66.4 Å². The standard InChI is InChI=1S/C48H30BNO2/c1-4-12-31(13-5-1)34-20-24-37(25-21-34)50-42-27-23-35(32-14-6-2-7-15-32)28-41(42)49-47-43(50)30-40-38-18-10-11-19-44(38)51-48(40)46(47)39-26-22-36(29-45(39)52-49)33-16-8-3-9-17-33/h1-30H. The minimum absolute atomic E-state index is 0.348. The van der Waals surface area contributed by atoms with Crippen molar-refractivity contribution in [1.29, 1.82) is 0 Å². The van der Waals surface area contributed by atoms with E-state index >= 15 is 0 Å². The first-order valence-electron chi connectivity index (χ1n) is 17.8. The summed E-state index contributed by atoms with van der Waals surface area (Å²) in [5, 5.41) is 2.20. The van der Waals surface area contributed by atoms with Gasteiger partial charge in [0.05, 0.1) is 0 Å². The lowest BCUT2D eigenvalue weighted by Crippen LogP contribution is -2.56. The third-order valence-electron chi connectivity index (χ3n) is 10.7. The molecule has 0 radical (unpaired) electrons. The van der Waals surface area contributed by atoms with E-state index in [-0.39, 0.29) is 6.92 Å². The van der Waals surface area contributed by atoms with Crippen molar-refractivity contribution in [3.63, 3.8) is 0 Å². The molecule has 9 aromatic rings. The normalized spacial score (nSPS) is 12.7. The van der Waals surface area contributed by atoms with Crippen molar-refractivity contribution in [2.45, 2.75) is 0 Å². The molecule has 8 aromatic carbocycles. The summed E-state index contributed by atoms with van der Waals surface area (Å²) in [6.07, 6.45) is 0. The molecule has 11 rings (SSSR count). The summed E-state index contributed by atoms with van der Waals surface area (Å²) >= 11 is 0. The van der Waals surface area contributed by atoms with E-state index in [1.54, 1.807) is 0 Å². The molecular formula is C48H30BNO2. The molecule has 0 atom stereocenters. The van der Waals surface area contributed by atoms with Crippen molar-refractivity contribution in [2.24, 2.45) is 0 Å². The Bertz CT molecular complexity index is 2810. The third kappa shape index (κ3) is 4.41. The number of hydrogen-bond acceptors (Lipinski definition) is 3. The highest BCUT2D eigenvalue weighted by molar-refractivity contribution is 6.86. The number of fused-ring (bicyclic) bond motifs is 8. The van der Waals surface area contributed by atoms with E-state index in [2.05, 4.69) is 181 Å². The Labute approximate surface area is 302 Å². The number of rotatable bonds is 4. The zero-order valence-electron chi connectivity index (χ0n) is 28.2. The summed E-state index contributed by atoms with van der Waals surface area (Å²) < 4.78 is 14.0. The van der Waals surface area contributed by atoms with Gasteiger partial charge in [-0.05, 0) is 81.3 Å². The Morgan fingerprint density at radius 2 is 1.02 bits per heavy atom. The number of nitrogens with zero attached hydrogens (tertiary/aromatic N) is 1. The number of anilines is 3. The maximum Gasteiger partial charge on any atom is 0.431 e. The second-order valence-corrected chi connectivity index (χ2v) is 13.6. The first kappa shape index (κ1) is 29.0. The highest BCUT2D eigenvalue weighted by Gasteiger charge is 2.44. The molecule has 2 aliphatic rings. The van der Waals surface area contributed by atoms with Crippen LogP contribution in [-0.2, 0) is 0 Å². The van der Waals surface area contributed by atoms with Gasteiger partial charge in [-0.25, -0.2) is 0 Å². The smallest absolute Gasteiger partial charge is 0.431 e. The Morgan fingerprint density at radius 3 is 1.73 bits per heavy atom. The lowest BCUT2D eigenvalue weighted by atomic mass is 9.49. The van der Waals surface area contributed by atoms with Gasteiger partial charge in [0.1, 0.15) is 16.9 Å². The van der Waals surface area contributed by atoms with Crippen LogP contribution in [0.5, 0.6) is 5.75 Å². The summed E-state index contributed by atoms with van der Waals surface area (Å²) in [4.78, 5) is 2.42. The fraction of sp³-hybridized carbons (Fsp3) is 0. The number of benzene rings is 8. The molecule has 1 aromatic heterocycles. The van der Waals surface area contributed by atoms with Gasteiger partial charge in [0.25, 0.3) is 0 Å². The Hall–Kier alpha value is -6.78. The van der Waals surface area contributed by atoms with E-state index in [1.807, 2.05) is 6.07 Å². The highest BCUT2D eigenvalue weighted by Crippen LogP contribution is 2.49. The maximum atomic E-state index is 7.23. The fourth-order valence-corrected chi connectivity index (χ4v) is 8.24. The van der Waals surface area contributed by atoms with Crippen molar-refractivity contribution in [2.75, 3.05) is 4.90 Å². The summed E-state index contributed by atoms with van der Waals surface area (Å²) in [6, 6.07) is 64.7. The first-order chi connectivity index (χ1) is 25.8. The second kappa shape index (κ2) is 11.4. The molecule has 0 unspecified atom stereocenters. The van der Waals surface area contributed by atoms with Crippen molar-refractivity contribution in [1.82, 2.24) is 0 Å². The molecule has 0 bridgehead atoms. The summed E-state index contributed by atoms with van der Waals surface area (Å²) in [6.45, 7) is -0.348. The van der Waals surface area contributed by atoms with Gasteiger partial charge in [0, 0.05) is 44.4 Å². The Balaban J connectivity index is 1.21. The molecule has 3 heterocycles. The Morgan fingerprint density at radius 1 is 0.442 bits per heavy atom. The molecule has 2 aliphatic heterocycles. The number of hydrogen-bond donors (Lipinski definition) is 0. The third-order valence-corrected chi connectivity index (χ3v) is 10.7. The van der Waals surface area contributed by atoms with E-state index in [1.165, 1.54) is 16.7 Å². The molecule has 0 saturated heterocycles. The van der Waals surface area contributed by atoms with Gasteiger partial charge in [-0.1, -0.05) is 140 Å². The molecule has 0 amide bonds. The van der Waals surface area contributed by atoms with E-state index in [0.717, 1.165) is 83.5 Å². The lowest BCUT2D eigenvalue weighted by molar-refractivity contribution is 0.589. The molecule has 0 saturated carbocycles. The molecule has 3 nitrogen and oxygen atoms in total. The van der Waals surface area contributed by atoms with Crippen molar-refractivity contribution in [3.8, 4) is 50.3 Å². The van der Waals surface area contributed by atoms with Gasteiger partial charge in [-0.15, -0.1) is 0 Å². The average molecular weight is 664 g/mol. The van der Waals surface area contributed by atoms with Crippen molar-refractivity contribution >= 4 is 56.8 Å². The first-order valence-corrected chi connectivity index (χ1v) is 17.8. The average Bonchev–Trinajstić information content (AvgIpc) is 3.60. The Kier molecular flexibility index (Phi) is 6.35. The molecule has 0 N–H and O–H groups in total. The largest absolute Gasteiger partial charge is 0.551 e. The van der Waals surface area contributed by atoms with Gasteiger partial charge < -0.3 is 14.0 Å². The monoisotopic (exact) mass is 663 g/mol. The van der Waals surface area contributed by atoms with E-state index in [4.69, 9.17) is 9.07 Å². The number of furan rings is 1. The minimum Gasteiger partial charge on any atom is -0.551 e. The zero-order chi connectivity index (χ0) is 34.2. The zero-order valence-corrected chi connectivity index (χ0v) is 28.2. The van der Waals surface area contributed by atoms with E-state index in [0.29, 0.717) is 0 Å². The van der Waals surface area contributed by atoms with Crippen LogP contribution in [0.1, 0.15) is 0 Å². The molecule has 0 aliphatic carbocycles. The molecular weight excluding hydrogens is 633 g/mol.